The summed E-state index contributed by atoms with van der Waals surface area (Å²) in [7, 11) is 1.56. The smallest absolute Gasteiger partial charge is 0.335 e. The normalized spacial score (nSPS) is 16.3. The number of hydrogen-bond acceptors (Lipinski definition) is 6. The zero-order valence-corrected chi connectivity index (χ0v) is 25.0. The van der Waals surface area contributed by atoms with Gasteiger partial charge in [0.2, 0.25) is 0 Å². The number of nitrogens with zero attached hydrogens (tertiary/aromatic N) is 3. The second-order valence-corrected chi connectivity index (χ2v) is 11.3. The topological polar surface area (TPSA) is 95.7 Å². The maximum absolute atomic E-state index is 15.6. The molecule has 2 aromatic heterocycles. The minimum absolute atomic E-state index is 0.0183. The molecule has 1 fully saturated rings. The van der Waals surface area contributed by atoms with Gasteiger partial charge in [-0.05, 0) is 60.2 Å². The SMILES string of the molecule is COC[C@H]1COC[C@H]1n1c(Cc2cc(F)c(-c3ccc(F)c(OCc4ccc(Cl)cc4F)n3)cc2F)nc2ccc(C(=O)O)cc21. The molecular weight excluding hydrogens is 630 g/mol. The Morgan fingerprint density at radius 2 is 1.76 bits per heavy atom. The lowest BCUT2D eigenvalue weighted by molar-refractivity contribution is 0.0697. The molecule has 46 heavy (non-hydrogen) atoms. The molecule has 6 rings (SSSR count). The highest BCUT2D eigenvalue weighted by molar-refractivity contribution is 6.30. The summed E-state index contributed by atoms with van der Waals surface area (Å²) in [6.07, 6.45) is -0.131. The summed E-state index contributed by atoms with van der Waals surface area (Å²) in [4.78, 5) is 20.4. The summed E-state index contributed by atoms with van der Waals surface area (Å²) in [5.74, 6) is -4.47. The molecule has 238 valence electrons. The first-order chi connectivity index (χ1) is 22.1. The minimum atomic E-state index is -1.11. The zero-order valence-electron chi connectivity index (χ0n) is 24.3. The number of fused-ring (bicyclic) bond motifs is 1. The number of imidazole rings is 1. The Morgan fingerprint density at radius 3 is 2.52 bits per heavy atom. The zero-order chi connectivity index (χ0) is 32.5. The van der Waals surface area contributed by atoms with Crippen LogP contribution in [0.3, 0.4) is 0 Å². The van der Waals surface area contributed by atoms with Gasteiger partial charge in [0.1, 0.15) is 29.9 Å². The van der Waals surface area contributed by atoms with E-state index in [4.69, 9.17) is 25.8 Å². The Morgan fingerprint density at radius 1 is 0.957 bits per heavy atom. The van der Waals surface area contributed by atoms with Crippen LogP contribution in [0.2, 0.25) is 5.02 Å². The number of ether oxygens (including phenoxy) is 3. The maximum atomic E-state index is 15.6. The van der Waals surface area contributed by atoms with Crippen molar-refractivity contribution >= 4 is 28.6 Å². The second-order valence-electron chi connectivity index (χ2n) is 10.8. The fraction of sp³-hybridized carbons (Fsp3) is 0.242. The van der Waals surface area contributed by atoms with E-state index >= 15 is 8.78 Å². The molecule has 0 bridgehead atoms. The molecular formula is C33H26ClF4N3O5. The Bertz CT molecular complexity index is 1950. The first-order valence-corrected chi connectivity index (χ1v) is 14.5. The highest BCUT2D eigenvalue weighted by Gasteiger charge is 2.33. The average Bonchev–Trinajstić information content (AvgIpc) is 3.62. The number of carboxylic acid groups (broad SMARTS) is 1. The fourth-order valence-electron chi connectivity index (χ4n) is 5.57. The molecule has 0 aliphatic carbocycles. The maximum Gasteiger partial charge on any atom is 0.335 e. The van der Waals surface area contributed by atoms with Crippen LogP contribution >= 0.6 is 11.6 Å². The van der Waals surface area contributed by atoms with Crippen LogP contribution in [-0.2, 0) is 22.5 Å². The Labute approximate surface area is 265 Å². The van der Waals surface area contributed by atoms with Crippen LogP contribution in [0.25, 0.3) is 22.3 Å². The van der Waals surface area contributed by atoms with Crippen molar-refractivity contribution in [2.24, 2.45) is 5.92 Å². The number of aromatic carboxylic acids is 1. The van der Waals surface area contributed by atoms with E-state index in [-0.39, 0.29) is 58.0 Å². The van der Waals surface area contributed by atoms with Gasteiger partial charge in [0.25, 0.3) is 5.88 Å². The van der Waals surface area contributed by atoms with Crippen LogP contribution < -0.4 is 4.74 Å². The predicted octanol–water partition coefficient (Wildman–Crippen LogP) is 7.01. The van der Waals surface area contributed by atoms with Crippen molar-refractivity contribution in [3.8, 4) is 17.1 Å². The van der Waals surface area contributed by atoms with Crippen molar-refractivity contribution in [3.63, 3.8) is 0 Å². The standard InChI is InChI=1S/C33H26ClF4N3O5/c1-44-13-20-14-45-16-30(20)41-29-9-17(33(42)43)3-6-28(29)39-31(41)10-19-8-26(38)22(12-25(19)37)27-7-5-23(35)32(40-27)46-15-18-2-4-21(34)11-24(18)36/h2-9,11-12,20,30H,10,13-16H2,1H3,(H,42,43)/t20-,30+/m0/s1. The molecule has 0 saturated carbocycles. The molecule has 0 amide bonds. The van der Waals surface area contributed by atoms with Gasteiger partial charge in [-0.2, -0.15) is 0 Å². The third-order valence-corrected chi connectivity index (χ3v) is 8.08. The van der Waals surface area contributed by atoms with Crippen LogP contribution in [0.15, 0.2) is 60.7 Å². The van der Waals surface area contributed by atoms with E-state index < -0.39 is 35.1 Å². The molecule has 2 atom stereocenters. The number of hydrogen-bond donors (Lipinski definition) is 1. The lowest BCUT2D eigenvalue weighted by atomic mass is 10.0. The average molecular weight is 656 g/mol. The van der Waals surface area contributed by atoms with Gasteiger partial charge >= 0.3 is 5.97 Å². The summed E-state index contributed by atoms with van der Waals surface area (Å²) >= 11 is 5.77. The van der Waals surface area contributed by atoms with E-state index in [0.29, 0.717) is 36.7 Å². The van der Waals surface area contributed by atoms with Gasteiger partial charge in [0.05, 0.1) is 48.2 Å². The molecule has 0 unspecified atom stereocenters. The van der Waals surface area contributed by atoms with Crippen molar-refractivity contribution in [1.29, 1.82) is 0 Å². The lowest BCUT2D eigenvalue weighted by Gasteiger charge is -2.22. The van der Waals surface area contributed by atoms with Crippen molar-refractivity contribution in [3.05, 3.63) is 111 Å². The molecule has 13 heteroatoms. The number of pyridine rings is 1. The fourth-order valence-corrected chi connectivity index (χ4v) is 5.73. The van der Waals surface area contributed by atoms with Crippen LogP contribution in [0.4, 0.5) is 17.6 Å². The van der Waals surface area contributed by atoms with Crippen LogP contribution in [0.5, 0.6) is 5.88 Å². The third kappa shape index (κ3) is 6.28. The number of methoxy groups -OCH3 is 1. The minimum Gasteiger partial charge on any atom is -0.478 e. The second kappa shape index (κ2) is 13.1. The van der Waals surface area contributed by atoms with E-state index in [2.05, 4.69) is 9.97 Å². The molecule has 8 nitrogen and oxygen atoms in total. The van der Waals surface area contributed by atoms with E-state index in [9.17, 15) is 18.7 Å². The summed E-state index contributed by atoms with van der Waals surface area (Å²) in [5, 5.41) is 9.76. The Balaban J connectivity index is 1.32. The number of carbonyl (C=O) groups is 1. The molecule has 1 saturated heterocycles. The monoisotopic (exact) mass is 655 g/mol. The first kappa shape index (κ1) is 31.5. The molecule has 1 aliphatic heterocycles. The highest BCUT2D eigenvalue weighted by atomic mass is 35.5. The van der Waals surface area contributed by atoms with Gasteiger partial charge in [-0.25, -0.2) is 32.3 Å². The van der Waals surface area contributed by atoms with Gasteiger partial charge in [-0.1, -0.05) is 17.7 Å². The summed E-state index contributed by atoms with van der Waals surface area (Å²) in [6, 6.07) is 12.3. The molecule has 5 aromatic rings. The highest BCUT2D eigenvalue weighted by Crippen LogP contribution is 2.34. The van der Waals surface area contributed by atoms with E-state index in [1.807, 2.05) is 4.57 Å². The molecule has 1 aliphatic rings. The van der Waals surface area contributed by atoms with Crippen molar-refractivity contribution in [2.75, 3.05) is 26.9 Å². The van der Waals surface area contributed by atoms with Gasteiger partial charge < -0.3 is 23.9 Å². The van der Waals surface area contributed by atoms with Crippen LogP contribution in [-0.4, -0.2) is 52.5 Å². The number of rotatable bonds is 10. The number of aromatic nitrogens is 3. The molecule has 1 N–H and O–H groups in total. The number of benzene rings is 3. The van der Waals surface area contributed by atoms with Gasteiger partial charge in [-0.15, -0.1) is 0 Å². The largest absolute Gasteiger partial charge is 0.478 e. The lowest BCUT2D eigenvalue weighted by Crippen LogP contribution is -2.23. The number of halogens is 5. The van der Waals surface area contributed by atoms with Gasteiger partial charge in [0.15, 0.2) is 5.82 Å². The van der Waals surface area contributed by atoms with Gasteiger partial charge in [-0.3, -0.25) is 0 Å². The summed E-state index contributed by atoms with van der Waals surface area (Å²) < 4.78 is 78.1. The quantitative estimate of drug-likeness (QED) is 0.162. The molecule has 3 aromatic carbocycles. The Kier molecular flexibility index (Phi) is 8.94. The van der Waals surface area contributed by atoms with Crippen molar-refractivity contribution in [2.45, 2.75) is 19.1 Å². The van der Waals surface area contributed by atoms with Gasteiger partial charge in [0, 0.05) is 35.6 Å². The van der Waals surface area contributed by atoms with Crippen molar-refractivity contribution < 1.29 is 41.7 Å². The summed E-state index contributed by atoms with van der Waals surface area (Å²) in [5.41, 5.74) is 0.795. The Hall–Kier alpha value is -4.52. The molecule has 0 radical (unpaired) electrons. The van der Waals surface area contributed by atoms with Crippen LogP contribution in [0, 0.1) is 29.2 Å². The van der Waals surface area contributed by atoms with Crippen molar-refractivity contribution in [1.82, 2.24) is 14.5 Å². The van der Waals surface area contributed by atoms with E-state index in [1.165, 1.54) is 30.3 Å². The first-order valence-electron chi connectivity index (χ1n) is 14.1. The molecule has 3 heterocycles. The number of carboxylic acids is 1. The summed E-state index contributed by atoms with van der Waals surface area (Å²) in [6.45, 7) is 0.688. The third-order valence-electron chi connectivity index (χ3n) is 7.84. The van der Waals surface area contributed by atoms with E-state index in [0.717, 1.165) is 24.3 Å². The van der Waals surface area contributed by atoms with E-state index in [1.54, 1.807) is 13.2 Å². The molecule has 0 spiro atoms. The van der Waals surface area contributed by atoms with Crippen LogP contribution in [0.1, 0.15) is 33.4 Å². The predicted molar refractivity (Wildman–Crippen MR) is 160 cm³/mol.